The fourth-order valence-electron chi connectivity index (χ4n) is 7.67. The molecule has 0 spiro atoms. The van der Waals surface area contributed by atoms with E-state index in [4.69, 9.17) is 4.74 Å². The highest BCUT2D eigenvalue weighted by Gasteiger charge is 2.54. The van der Waals surface area contributed by atoms with Gasteiger partial charge in [-0.2, -0.15) is 0 Å². The Bertz CT molecular complexity index is 1190. The molecule has 0 heterocycles. The van der Waals surface area contributed by atoms with Crippen LogP contribution in [0.5, 0.6) is 11.5 Å². The molecule has 2 saturated carbocycles. The Kier molecular flexibility index (Phi) is 5.14. The number of aryl methyl sites for hydroxylation is 1. The maximum atomic E-state index is 10.6. The number of phenols is 1. The smallest absolute Gasteiger partial charge is 0.120 e. The summed E-state index contributed by atoms with van der Waals surface area (Å²) in [6.07, 6.45) is 7.63. The number of benzene rings is 3. The Morgan fingerprint density at radius 3 is 2.64 bits per heavy atom. The van der Waals surface area contributed by atoms with Crippen molar-refractivity contribution in [3.63, 3.8) is 0 Å². The number of fused-ring (bicyclic) bond motifs is 6. The second kappa shape index (κ2) is 8.06. The van der Waals surface area contributed by atoms with Crippen molar-refractivity contribution in [2.75, 3.05) is 7.11 Å². The Hall–Kier alpha value is -2.52. The summed E-state index contributed by atoms with van der Waals surface area (Å²) < 4.78 is 5.49. The summed E-state index contributed by atoms with van der Waals surface area (Å²) in [5, 5.41) is 16.8. The molecule has 3 aliphatic rings. The minimum absolute atomic E-state index is 0.345. The van der Waals surface area contributed by atoms with Crippen molar-refractivity contribution in [3.05, 3.63) is 71.3 Å². The van der Waals surface area contributed by atoms with Crippen LogP contribution < -0.4 is 10.1 Å². The minimum atomic E-state index is 0.345. The van der Waals surface area contributed by atoms with Gasteiger partial charge in [-0.15, -0.1) is 0 Å². The predicted octanol–water partition coefficient (Wildman–Crippen LogP) is 6.57. The third-order valence-electron chi connectivity index (χ3n) is 9.42. The van der Waals surface area contributed by atoms with Gasteiger partial charge in [0.1, 0.15) is 11.5 Å². The second-order valence-corrected chi connectivity index (χ2v) is 10.9. The molecule has 0 radical (unpaired) electrons. The van der Waals surface area contributed by atoms with E-state index in [1.807, 2.05) is 12.1 Å². The predicted molar refractivity (Wildman–Crippen MR) is 134 cm³/mol. The van der Waals surface area contributed by atoms with E-state index in [9.17, 15) is 5.11 Å². The van der Waals surface area contributed by atoms with Crippen molar-refractivity contribution in [2.24, 2.45) is 17.3 Å². The second-order valence-electron chi connectivity index (χ2n) is 10.9. The van der Waals surface area contributed by atoms with Crippen molar-refractivity contribution in [1.29, 1.82) is 0 Å². The van der Waals surface area contributed by atoms with E-state index in [1.54, 1.807) is 12.7 Å². The van der Waals surface area contributed by atoms with Crippen LogP contribution in [0.1, 0.15) is 61.6 Å². The van der Waals surface area contributed by atoms with Crippen LogP contribution in [0, 0.1) is 17.3 Å². The molecule has 3 aromatic rings. The monoisotopic (exact) mass is 441 g/mol. The van der Waals surface area contributed by atoms with E-state index in [2.05, 4.69) is 54.7 Å². The van der Waals surface area contributed by atoms with Gasteiger partial charge in [0.25, 0.3) is 0 Å². The molecule has 3 nitrogen and oxygen atoms in total. The molecule has 172 valence electrons. The van der Waals surface area contributed by atoms with Crippen LogP contribution in [-0.2, 0) is 13.0 Å². The van der Waals surface area contributed by atoms with E-state index in [0.717, 1.165) is 35.1 Å². The van der Waals surface area contributed by atoms with E-state index in [1.165, 1.54) is 49.5 Å². The molecule has 3 heteroatoms. The van der Waals surface area contributed by atoms with Gasteiger partial charge in [-0.05, 0) is 108 Å². The van der Waals surface area contributed by atoms with Gasteiger partial charge in [0.2, 0.25) is 0 Å². The van der Waals surface area contributed by atoms with Gasteiger partial charge in [0.15, 0.2) is 0 Å². The number of methoxy groups -OCH3 is 1. The first-order valence-corrected chi connectivity index (χ1v) is 12.7. The average molecular weight is 442 g/mol. The van der Waals surface area contributed by atoms with Crippen molar-refractivity contribution < 1.29 is 9.84 Å². The van der Waals surface area contributed by atoms with Crippen LogP contribution >= 0.6 is 0 Å². The summed E-state index contributed by atoms with van der Waals surface area (Å²) in [6, 6.07) is 19.6. The van der Waals surface area contributed by atoms with Crippen LogP contribution in [0.25, 0.3) is 10.8 Å². The van der Waals surface area contributed by atoms with Gasteiger partial charge >= 0.3 is 0 Å². The summed E-state index contributed by atoms with van der Waals surface area (Å²) >= 11 is 0. The molecule has 0 aliphatic heterocycles. The van der Waals surface area contributed by atoms with Gasteiger partial charge in [-0.25, -0.2) is 0 Å². The lowest BCUT2D eigenvalue weighted by Crippen LogP contribution is -2.48. The third-order valence-corrected chi connectivity index (χ3v) is 9.42. The standard InChI is InChI=1S/C30H35NO2/c1-30-14-13-25-24-10-8-23(33-2)16-21(24)7-9-26(25)27(30)11-12-29(30)31-18-22-15-19-5-3-4-6-20(19)17-28(22)32/h3-6,8,10,15-17,25-27,29,31-32H,7,9,11-14,18H2,1-2H3/t25?,26?,27?,29-,30?/m1/s1. The summed E-state index contributed by atoms with van der Waals surface area (Å²) in [4.78, 5) is 0. The van der Waals surface area contributed by atoms with Gasteiger partial charge in [-0.3, -0.25) is 0 Å². The number of rotatable bonds is 4. The zero-order chi connectivity index (χ0) is 22.6. The lowest BCUT2D eigenvalue weighted by atomic mass is 9.55. The topological polar surface area (TPSA) is 41.5 Å². The third kappa shape index (κ3) is 3.44. The number of aromatic hydroxyl groups is 1. The molecule has 0 amide bonds. The summed E-state index contributed by atoms with van der Waals surface area (Å²) in [5.41, 5.74) is 4.46. The number of hydrogen-bond acceptors (Lipinski definition) is 3. The van der Waals surface area contributed by atoms with Crippen LogP contribution in [-0.4, -0.2) is 18.3 Å². The minimum Gasteiger partial charge on any atom is -0.508 e. The summed E-state index contributed by atoms with van der Waals surface area (Å²) in [5.74, 6) is 3.69. The van der Waals surface area contributed by atoms with Gasteiger partial charge in [0, 0.05) is 18.2 Å². The zero-order valence-corrected chi connectivity index (χ0v) is 19.8. The van der Waals surface area contributed by atoms with Crippen LogP contribution in [0.2, 0.25) is 0 Å². The quantitative estimate of drug-likeness (QED) is 0.481. The highest BCUT2D eigenvalue weighted by molar-refractivity contribution is 5.84. The van der Waals surface area contributed by atoms with Crippen LogP contribution in [0.3, 0.4) is 0 Å². The summed E-state index contributed by atoms with van der Waals surface area (Å²) in [7, 11) is 1.77. The van der Waals surface area contributed by atoms with Crippen molar-refractivity contribution in [2.45, 2.75) is 64.0 Å². The van der Waals surface area contributed by atoms with E-state index >= 15 is 0 Å². The molecule has 0 saturated heterocycles. The Morgan fingerprint density at radius 2 is 1.82 bits per heavy atom. The fraction of sp³-hybridized carbons (Fsp3) is 0.467. The van der Waals surface area contributed by atoms with E-state index in [-0.39, 0.29) is 0 Å². The lowest BCUT2D eigenvalue weighted by molar-refractivity contribution is 0.0408. The van der Waals surface area contributed by atoms with Crippen molar-refractivity contribution in [3.8, 4) is 11.5 Å². The van der Waals surface area contributed by atoms with Crippen molar-refractivity contribution >= 4 is 10.8 Å². The Balaban J connectivity index is 1.20. The first-order valence-electron chi connectivity index (χ1n) is 12.7. The van der Waals surface area contributed by atoms with Gasteiger partial charge in [0.05, 0.1) is 7.11 Å². The van der Waals surface area contributed by atoms with Crippen LogP contribution in [0.15, 0.2) is 54.6 Å². The highest BCUT2D eigenvalue weighted by Crippen LogP contribution is 2.61. The number of nitrogens with one attached hydrogen (secondary N) is 1. The molecule has 2 fully saturated rings. The lowest BCUT2D eigenvalue weighted by Gasteiger charge is -2.51. The van der Waals surface area contributed by atoms with Crippen molar-refractivity contribution in [1.82, 2.24) is 5.32 Å². The maximum Gasteiger partial charge on any atom is 0.120 e. The average Bonchev–Trinajstić information content (AvgIpc) is 3.18. The Labute approximate surface area is 197 Å². The largest absolute Gasteiger partial charge is 0.508 e. The number of phenolic OH excluding ortho intramolecular Hbond substituents is 1. The SMILES string of the molecule is COc1ccc2c(c1)CCC1C2CCC2(C)C1CC[C@H]2NCc1cc2ccccc2cc1O. The normalized spacial score (nSPS) is 30.5. The molecule has 33 heavy (non-hydrogen) atoms. The molecule has 0 bridgehead atoms. The van der Waals surface area contributed by atoms with E-state index in [0.29, 0.717) is 23.1 Å². The molecule has 6 rings (SSSR count). The molecule has 3 aromatic carbocycles. The van der Waals surface area contributed by atoms with Gasteiger partial charge in [-0.1, -0.05) is 37.3 Å². The zero-order valence-electron chi connectivity index (χ0n) is 19.8. The first kappa shape index (κ1) is 21.0. The summed E-state index contributed by atoms with van der Waals surface area (Å²) in [6.45, 7) is 3.28. The van der Waals surface area contributed by atoms with Gasteiger partial charge < -0.3 is 15.2 Å². The highest BCUT2D eigenvalue weighted by atomic mass is 16.5. The molecule has 0 aromatic heterocycles. The Morgan fingerprint density at radius 1 is 1.00 bits per heavy atom. The molecule has 2 N–H and O–H groups in total. The molecular formula is C30H35NO2. The molecule has 3 aliphatic carbocycles. The first-order chi connectivity index (χ1) is 16.1. The molecular weight excluding hydrogens is 406 g/mol. The number of ether oxygens (including phenoxy) is 1. The van der Waals surface area contributed by atoms with Crippen LogP contribution in [0.4, 0.5) is 0 Å². The fourth-order valence-corrected chi connectivity index (χ4v) is 7.67. The number of hydrogen-bond donors (Lipinski definition) is 2. The van der Waals surface area contributed by atoms with E-state index < -0.39 is 0 Å². The maximum absolute atomic E-state index is 10.6. The molecule has 4 unspecified atom stereocenters. The molecule has 5 atom stereocenters.